The van der Waals surface area contributed by atoms with Gasteiger partial charge >= 0.3 is 0 Å². The summed E-state index contributed by atoms with van der Waals surface area (Å²) in [5, 5.41) is 0. The number of carbonyl (C=O) groups is 1. The first-order chi connectivity index (χ1) is 6.07. The van der Waals surface area contributed by atoms with Gasteiger partial charge < -0.3 is 16.2 Å². The summed E-state index contributed by atoms with van der Waals surface area (Å²) in [5.74, 6) is -0.466. The molecule has 0 spiro atoms. The van der Waals surface area contributed by atoms with Crippen LogP contribution < -0.4 is 11.5 Å². The first kappa shape index (κ1) is 12.4. The Morgan fingerprint density at radius 2 is 2.08 bits per heavy atom. The predicted molar refractivity (Wildman–Crippen MR) is 52.1 cm³/mol. The normalized spacial score (nSPS) is 15.3. The summed E-state index contributed by atoms with van der Waals surface area (Å²) in [7, 11) is 0. The number of primary amides is 1. The minimum atomic E-state index is -0.575. The molecular formula is C9H20N2O2. The second-order valence-electron chi connectivity index (χ2n) is 3.27. The molecule has 0 aliphatic heterocycles. The molecule has 0 bridgehead atoms. The van der Waals surface area contributed by atoms with Crippen molar-refractivity contribution in [3.63, 3.8) is 0 Å². The second-order valence-corrected chi connectivity index (χ2v) is 3.27. The highest BCUT2D eigenvalue weighted by Gasteiger charge is 2.09. The maximum absolute atomic E-state index is 10.5. The predicted octanol–water partition coefficient (Wildman–Crippen LogP) is 0.394. The molecule has 0 fully saturated rings. The summed E-state index contributed by atoms with van der Waals surface area (Å²) in [6.45, 7) is 4.62. The van der Waals surface area contributed by atoms with E-state index in [2.05, 4.69) is 6.92 Å². The molecule has 0 saturated heterocycles. The molecule has 0 aromatic rings. The van der Waals surface area contributed by atoms with Crippen molar-refractivity contribution in [2.24, 2.45) is 11.5 Å². The highest BCUT2D eigenvalue weighted by atomic mass is 16.5. The topological polar surface area (TPSA) is 78.3 Å². The van der Waals surface area contributed by atoms with Crippen LogP contribution in [0, 0.1) is 0 Å². The van der Waals surface area contributed by atoms with E-state index in [-0.39, 0.29) is 6.10 Å². The van der Waals surface area contributed by atoms with Crippen molar-refractivity contribution < 1.29 is 9.53 Å². The Morgan fingerprint density at radius 3 is 2.54 bits per heavy atom. The van der Waals surface area contributed by atoms with Gasteiger partial charge in [0.2, 0.25) is 5.91 Å². The Morgan fingerprint density at radius 1 is 1.46 bits per heavy atom. The van der Waals surface area contributed by atoms with Crippen molar-refractivity contribution >= 4 is 5.91 Å². The van der Waals surface area contributed by atoms with Crippen molar-refractivity contribution in [1.29, 1.82) is 0 Å². The lowest BCUT2D eigenvalue weighted by molar-refractivity contribution is -0.119. The molecule has 0 heterocycles. The smallest absolute Gasteiger partial charge is 0.234 e. The number of hydrogen-bond acceptors (Lipinski definition) is 3. The van der Waals surface area contributed by atoms with Gasteiger partial charge in [-0.1, -0.05) is 13.3 Å². The van der Waals surface area contributed by atoms with Gasteiger partial charge in [-0.2, -0.15) is 0 Å². The van der Waals surface area contributed by atoms with Crippen molar-refractivity contribution in [3.05, 3.63) is 0 Å². The monoisotopic (exact) mass is 188 g/mol. The minimum absolute atomic E-state index is 0.241. The lowest BCUT2D eigenvalue weighted by atomic mass is 10.2. The molecule has 0 radical (unpaired) electrons. The third kappa shape index (κ3) is 6.54. The average molecular weight is 188 g/mol. The Hall–Kier alpha value is -0.610. The maximum Gasteiger partial charge on any atom is 0.234 e. The standard InChI is InChI=1S/C9H20N2O2/c1-3-4-7(2)13-6-5-8(10)9(11)12/h7-8H,3-6,10H2,1-2H3,(H2,11,12). The molecule has 4 nitrogen and oxygen atoms in total. The molecule has 4 N–H and O–H groups in total. The minimum Gasteiger partial charge on any atom is -0.378 e. The third-order valence-electron chi connectivity index (χ3n) is 1.89. The molecule has 0 saturated carbocycles. The average Bonchev–Trinajstić information content (AvgIpc) is 2.04. The van der Waals surface area contributed by atoms with Crippen molar-refractivity contribution in [3.8, 4) is 0 Å². The first-order valence-electron chi connectivity index (χ1n) is 4.74. The van der Waals surface area contributed by atoms with Crippen molar-refractivity contribution in [2.45, 2.75) is 45.3 Å². The van der Waals surface area contributed by atoms with Gasteiger partial charge in [0.05, 0.1) is 12.1 Å². The van der Waals surface area contributed by atoms with Crippen LogP contribution in [0.1, 0.15) is 33.1 Å². The summed E-state index contributed by atoms with van der Waals surface area (Å²) >= 11 is 0. The molecule has 1 amide bonds. The van der Waals surface area contributed by atoms with Crippen LogP contribution in [0.5, 0.6) is 0 Å². The van der Waals surface area contributed by atoms with Gasteiger partial charge in [0.15, 0.2) is 0 Å². The van der Waals surface area contributed by atoms with Gasteiger partial charge in [-0.3, -0.25) is 4.79 Å². The van der Waals surface area contributed by atoms with Crippen LogP contribution in [0.2, 0.25) is 0 Å². The number of nitrogens with two attached hydrogens (primary N) is 2. The van der Waals surface area contributed by atoms with Crippen molar-refractivity contribution in [1.82, 2.24) is 0 Å². The van der Waals surface area contributed by atoms with Crippen LogP contribution in [-0.2, 0) is 9.53 Å². The van der Waals surface area contributed by atoms with Gasteiger partial charge in [-0.25, -0.2) is 0 Å². The number of hydrogen-bond donors (Lipinski definition) is 2. The summed E-state index contributed by atoms with van der Waals surface area (Å²) in [4.78, 5) is 10.5. The quantitative estimate of drug-likeness (QED) is 0.606. The van der Waals surface area contributed by atoms with Crippen LogP contribution in [-0.4, -0.2) is 24.7 Å². The summed E-state index contributed by atoms with van der Waals surface area (Å²) in [6, 6.07) is -0.575. The van der Waals surface area contributed by atoms with E-state index < -0.39 is 11.9 Å². The zero-order chi connectivity index (χ0) is 10.3. The van der Waals surface area contributed by atoms with Crippen LogP contribution >= 0.6 is 0 Å². The van der Waals surface area contributed by atoms with E-state index in [0.717, 1.165) is 12.8 Å². The number of ether oxygens (including phenoxy) is 1. The van der Waals surface area contributed by atoms with E-state index in [1.807, 2.05) is 6.92 Å². The largest absolute Gasteiger partial charge is 0.378 e. The molecule has 0 aromatic heterocycles. The summed E-state index contributed by atoms with van der Waals surface area (Å²) in [5.41, 5.74) is 10.4. The van der Waals surface area contributed by atoms with Crippen LogP contribution in [0.4, 0.5) is 0 Å². The Labute approximate surface area is 79.6 Å². The highest BCUT2D eigenvalue weighted by molar-refractivity contribution is 5.79. The van der Waals surface area contributed by atoms with Gasteiger partial charge in [0, 0.05) is 6.61 Å². The molecule has 4 heteroatoms. The third-order valence-corrected chi connectivity index (χ3v) is 1.89. The summed E-state index contributed by atoms with van der Waals surface area (Å²) in [6.07, 6.45) is 2.88. The van der Waals surface area contributed by atoms with Gasteiger partial charge in [0.1, 0.15) is 0 Å². The molecule has 0 aromatic carbocycles. The van der Waals surface area contributed by atoms with E-state index in [4.69, 9.17) is 16.2 Å². The zero-order valence-electron chi connectivity index (χ0n) is 8.45. The molecule has 2 atom stereocenters. The van der Waals surface area contributed by atoms with E-state index >= 15 is 0 Å². The Balaban J connectivity index is 3.39. The molecule has 2 unspecified atom stereocenters. The zero-order valence-corrected chi connectivity index (χ0v) is 8.45. The van der Waals surface area contributed by atoms with Crippen LogP contribution in [0.25, 0.3) is 0 Å². The van der Waals surface area contributed by atoms with Crippen LogP contribution in [0.3, 0.4) is 0 Å². The lowest BCUT2D eigenvalue weighted by Gasteiger charge is -2.13. The van der Waals surface area contributed by atoms with Gasteiger partial charge in [-0.05, 0) is 19.8 Å². The molecule has 0 aliphatic carbocycles. The van der Waals surface area contributed by atoms with E-state index in [9.17, 15) is 4.79 Å². The fraction of sp³-hybridized carbons (Fsp3) is 0.889. The number of carbonyl (C=O) groups excluding carboxylic acids is 1. The van der Waals surface area contributed by atoms with Crippen LogP contribution in [0.15, 0.2) is 0 Å². The lowest BCUT2D eigenvalue weighted by Crippen LogP contribution is -2.37. The molecule has 13 heavy (non-hydrogen) atoms. The van der Waals surface area contributed by atoms with Crippen molar-refractivity contribution in [2.75, 3.05) is 6.61 Å². The summed E-state index contributed by atoms with van der Waals surface area (Å²) < 4.78 is 5.42. The fourth-order valence-corrected chi connectivity index (χ4v) is 1.03. The SMILES string of the molecule is CCCC(C)OCCC(N)C(N)=O. The van der Waals surface area contributed by atoms with Gasteiger partial charge in [-0.15, -0.1) is 0 Å². The Bertz CT molecular complexity index is 151. The maximum atomic E-state index is 10.5. The van der Waals surface area contributed by atoms with Gasteiger partial charge in [0.25, 0.3) is 0 Å². The number of rotatable bonds is 7. The highest BCUT2D eigenvalue weighted by Crippen LogP contribution is 2.01. The number of amides is 1. The van der Waals surface area contributed by atoms with E-state index in [0.29, 0.717) is 13.0 Å². The molecule has 0 aliphatic rings. The molecule has 0 rings (SSSR count). The fourth-order valence-electron chi connectivity index (χ4n) is 1.03. The van der Waals surface area contributed by atoms with E-state index in [1.165, 1.54) is 0 Å². The van der Waals surface area contributed by atoms with E-state index in [1.54, 1.807) is 0 Å². The molecular weight excluding hydrogens is 168 g/mol. The Kier molecular flexibility index (Phi) is 6.54. The molecule has 78 valence electrons. The first-order valence-corrected chi connectivity index (χ1v) is 4.74. The second kappa shape index (κ2) is 6.86.